The molecule has 62 heavy (non-hydrogen) atoms. The number of benzene rings is 3. The third-order valence-corrected chi connectivity index (χ3v) is 12.3. The molecule has 2 heterocycles. The normalized spacial score (nSPS) is 24.2. The molecule has 1 saturated carbocycles. The topological polar surface area (TPSA) is 165 Å². The van der Waals surface area contributed by atoms with Gasteiger partial charge in [0.1, 0.15) is 42.3 Å². The number of nitro groups is 1. The fourth-order valence-corrected chi connectivity index (χ4v) is 9.35. The van der Waals surface area contributed by atoms with Gasteiger partial charge >= 0.3 is 6.09 Å². The van der Waals surface area contributed by atoms with Gasteiger partial charge in [0.05, 0.1) is 23.2 Å². The zero-order valence-corrected chi connectivity index (χ0v) is 35.2. The van der Waals surface area contributed by atoms with E-state index in [1.807, 2.05) is 19.1 Å². The lowest BCUT2D eigenvalue weighted by Crippen LogP contribution is -2.70. The smallest absolute Gasteiger partial charge is 0.416 e. The molecule has 1 amide bonds. The average molecular weight is 857 g/mol. The van der Waals surface area contributed by atoms with Gasteiger partial charge in [-0.15, -0.1) is 6.58 Å². The third-order valence-electron chi connectivity index (χ3n) is 12.3. The molecule has 14 nitrogen and oxygen atoms in total. The largest absolute Gasteiger partial charge is 0.492 e. The number of amides is 1. The van der Waals surface area contributed by atoms with Crippen LogP contribution in [-0.4, -0.2) is 101 Å². The van der Waals surface area contributed by atoms with E-state index in [1.165, 1.54) is 41.3 Å². The summed E-state index contributed by atoms with van der Waals surface area (Å²) in [4.78, 5) is 35.4. The first kappa shape index (κ1) is 44.7. The van der Waals surface area contributed by atoms with Crippen molar-refractivity contribution in [3.8, 4) is 17.2 Å². The molecule has 0 unspecified atom stereocenters. The monoisotopic (exact) mass is 856 g/mol. The second-order valence-electron chi connectivity index (χ2n) is 16.3. The summed E-state index contributed by atoms with van der Waals surface area (Å²) in [6.07, 6.45) is 7.59. The van der Waals surface area contributed by atoms with Gasteiger partial charge in [0.25, 0.3) is 5.69 Å². The maximum atomic E-state index is 14.9. The van der Waals surface area contributed by atoms with Gasteiger partial charge < -0.3 is 34.0 Å². The van der Waals surface area contributed by atoms with Gasteiger partial charge in [0.2, 0.25) is 5.79 Å². The Labute approximate surface area is 361 Å². The van der Waals surface area contributed by atoms with Crippen molar-refractivity contribution in [1.82, 2.24) is 9.80 Å². The molecule has 332 valence electrons. The molecule has 0 radical (unpaired) electrons. The number of fused-ring (bicyclic) bond motifs is 2. The average Bonchev–Trinajstić information content (AvgIpc) is 4.11. The number of non-ortho nitro benzene ring substituents is 1. The van der Waals surface area contributed by atoms with Gasteiger partial charge in [0.15, 0.2) is 0 Å². The fraction of sp³-hybridized carbons (Fsp3) is 0.489. The number of rotatable bonds is 22. The summed E-state index contributed by atoms with van der Waals surface area (Å²) in [7, 11) is 0. The lowest BCUT2D eigenvalue weighted by atomic mass is 9.55. The number of aliphatic hydroxyl groups excluding tert-OH is 2. The quantitative estimate of drug-likeness (QED) is 0.0333. The first-order valence-corrected chi connectivity index (χ1v) is 21.7. The number of nitro benzene ring substituents is 1. The Morgan fingerprint density at radius 3 is 2.45 bits per heavy atom. The Morgan fingerprint density at radius 2 is 1.77 bits per heavy atom. The molecule has 2 aliphatic carbocycles. The fourth-order valence-electron chi connectivity index (χ4n) is 9.35. The third kappa shape index (κ3) is 10.1. The number of aliphatic hydroxyl groups is 2. The van der Waals surface area contributed by atoms with Crippen molar-refractivity contribution < 1.29 is 48.1 Å². The van der Waals surface area contributed by atoms with Crippen molar-refractivity contribution in [2.45, 2.75) is 76.2 Å². The Kier molecular flexibility index (Phi) is 14.9. The molecule has 0 bridgehead atoms. The molecular formula is C47H57FN4O10. The van der Waals surface area contributed by atoms with Gasteiger partial charge in [-0.25, -0.2) is 9.18 Å². The highest BCUT2D eigenvalue weighted by Gasteiger charge is 2.65. The lowest BCUT2D eigenvalue weighted by molar-refractivity contribution is -0.384. The number of allylic oxidation sites excluding steroid dienone is 1. The second kappa shape index (κ2) is 20.7. The van der Waals surface area contributed by atoms with Crippen molar-refractivity contribution in [3.63, 3.8) is 0 Å². The maximum Gasteiger partial charge on any atom is 0.416 e. The van der Waals surface area contributed by atoms with Crippen LogP contribution in [0.1, 0.15) is 68.9 Å². The minimum absolute atomic E-state index is 0.000812. The van der Waals surface area contributed by atoms with Crippen LogP contribution < -0.4 is 14.2 Å². The zero-order chi connectivity index (χ0) is 43.6. The van der Waals surface area contributed by atoms with Gasteiger partial charge in [0, 0.05) is 69.4 Å². The summed E-state index contributed by atoms with van der Waals surface area (Å²) < 4.78 is 41.0. The van der Waals surface area contributed by atoms with Gasteiger partial charge in [-0.05, 0) is 98.0 Å². The summed E-state index contributed by atoms with van der Waals surface area (Å²) in [5, 5.41) is 36.0. The molecule has 2 N–H and O–H groups in total. The summed E-state index contributed by atoms with van der Waals surface area (Å²) in [6, 6.07) is 16.0. The maximum absolute atomic E-state index is 14.9. The number of ether oxygens (including phenoxy) is 4. The van der Waals surface area contributed by atoms with E-state index in [9.17, 15) is 29.5 Å². The molecule has 4 aliphatic rings. The van der Waals surface area contributed by atoms with E-state index >= 15 is 0 Å². The van der Waals surface area contributed by atoms with Gasteiger partial charge in [-0.3, -0.25) is 19.9 Å². The number of unbranched alkanes of at least 4 members (excludes halogenated alkanes) is 2. The minimum atomic E-state index is -1.58. The molecule has 0 spiro atoms. The van der Waals surface area contributed by atoms with Crippen LogP contribution in [0.15, 0.2) is 96.2 Å². The zero-order valence-electron chi connectivity index (χ0n) is 35.2. The molecule has 15 heteroatoms. The van der Waals surface area contributed by atoms with Crippen LogP contribution >= 0.6 is 0 Å². The van der Waals surface area contributed by atoms with E-state index < -0.39 is 34.6 Å². The van der Waals surface area contributed by atoms with E-state index in [-0.39, 0.29) is 68.6 Å². The number of halogens is 1. The highest BCUT2D eigenvalue weighted by molar-refractivity contribution is 6.03. The van der Waals surface area contributed by atoms with Crippen molar-refractivity contribution in [1.29, 1.82) is 0 Å². The van der Waals surface area contributed by atoms with Crippen LogP contribution in [0.5, 0.6) is 17.2 Å². The van der Waals surface area contributed by atoms with Crippen LogP contribution in [0.4, 0.5) is 14.9 Å². The molecular weight excluding hydrogens is 800 g/mol. The SMILES string of the molecule is C=CCO[C@@]12Oc3ccc(OCCN4CC4)cc3[C@H]3[C@H](CCCCO)[C@@H](CCCCO)C=C(C(=NOCC)C[C@@H]1N(Cc1ccc(F)cc1)C(=O)Oc1ccc([N+](=O)[O-])cc1)[C@H]32. The first-order valence-electron chi connectivity index (χ1n) is 21.7. The van der Waals surface area contributed by atoms with Crippen LogP contribution in [0.2, 0.25) is 0 Å². The lowest BCUT2D eigenvalue weighted by Gasteiger charge is -2.59. The standard InChI is InChI=1S/C47H57FN4O10/c1-3-26-59-47-43(51(31-32-11-13-34(48)14-12-32)46(55)61-36-17-15-35(16-18-36)52(56)57)30-41(49-60-4-2)39-28-33(9-5-7-24-53)38(10-6-8-25-54)44(45(39)47)40-29-37(19-20-42(40)62-47)58-27-23-50-21-22-50/h3,11-20,28-29,33,38,43-45,53-54H,1,4-10,21-27,30-31H2,2H3/t33-,38+,43-,44+,45+,47+/m0/s1. The number of carbonyl (C=O) groups excluding carboxylic acids is 1. The Bertz CT molecular complexity index is 2080. The number of hydrogen-bond donors (Lipinski definition) is 2. The van der Waals surface area contributed by atoms with E-state index in [0.717, 1.165) is 56.5 Å². The van der Waals surface area contributed by atoms with Crippen LogP contribution in [-0.2, 0) is 16.1 Å². The van der Waals surface area contributed by atoms with Crippen molar-refractivity contribution >= 4 is 17.5 Å². The van der Waals surface area contributed by atoms with Gasteiger partial charge in [-0.2, -0.15) is 0 Å². The molecule has 7 rings (SSSR count). The number of nitrogens with zero attached hydrogens (tertiary/aromatic N) is 4. The molecule has 2 aliphatic heterocycles. The second-order valence-corrected chi connectivity index (χ2v) is 16.3. The summed E-state index contributed by atoms with van der Waals surface area (Å²) in [5.41, 5.74) is 2.85. The van der Waals surface area contributed by atoms with E-state index in [2.05, 4.69) is 23.6 Å². The molecule has 0 aromatic heterocycles. The molecule has 1 saturated heterocycles. The summed E-state index contributed by atoms with van der Waals surface area (Å²) in [6.45, 7) is 9.72. The molecule has 3 aromatic rings. The Balaban J connectivity index is 1.42. The van der Waals surface area contributed by atoms with Crippen LogP contribution in [0, 0.1) is 33.7 Å². The Hall–Kier alpha value is -5.35. The predicted octanol–water partition coefficient (Wildman–Crippen LogP) is 7.78. The minimum Gasteiger partial charge on any atom is -0.492 e. The predicted molar refractivity (Wildman–Crippen MR) is 230 cm³/mol. The van der Waals surface area contributed by atoms with E-state index in [4.69, 9.17) is 28.9 Å². The van der Waals surface area contributed by atoms with Crippen molar-refractivity contribution in [3.05, 3.63) is 118 Å². The van der Waals surface area contributed by atoms with Crippen molar-refractivity contribution in [2.24, 2.45) is 22.9 Å². The summed E-state index contributed by atoms with van der Waals surface area (Å²) >= 11 is 0. The molecule has 3 aromatic carbocycles. The number of carbonyl (C=O) groups is 1. The van der Waals surface area contributed by atoms with E-state index in [0.29, 0.717) is 42.2 Å². The van der Waals surface area contributed by atoms with Crippen molar-refractivity contribution in [2.75, 3.05) is 52.7 Å². The van der Waals surface area contributed by atoms with Gasteiger partial charge in [-0.1, -0.05) is 42.3 Å². The highest BCUT2D eigenvalue weighted by atomic mass is 19.1. The van der Waals surface area contributed by atoms with E-state index in [1.54, 1.807) is 18.2 Å². The van der Waals surface area contributed by atoms with Crippen LogP contribution in [0.3, 0.4) is 0 Å². The highest BCUT2D eigenvalue weighted by Crippen LogP contribution is 2.62. The Morgan fingerprint density at radius 1 is 1.05 bits per heavy atom. The summed E-state index contributed by atoms with van der Waals surface area (Å²) in [5.74, 6) is -1.47. The molecule has 2 fully saturated rings. The number of oxime groups is 1. The first-order chi connectivity index (χ1) is 30.2. The molecule has 6 atom stereocenters. The number of hydrogen-bond acceptors (Lipinski definition) is 12. The van der Waals surface area contributed by atoms with Crippen LogP contribution in [0.25, 0.3) is 0 Å².